The first-order valence-electron chi connectivity index (χ1n) is 3.82. The molecule has 0 radical (unpaired) electrons. The third-order valence-electron chi connectivity index (χ3n) is 2.83. The fourth-order valence-corrected chi connectivity index (χ4v) is 2.22. The van der Waals surface area contributed by atoms with Crippen molar-refractivity contribution in [2.24, 2.45) is 5.41 Å². The molecule has 1 saturated carbocycles. The number of aliphatic hydroxyl groups is 1. The summed E-state index contributed by atoms with van der Waals surface area (Å²) >= 11 is 0. The fourth-order valence-electron chi connectivity index (χ4n) is 2.22. The van der Waals surface area contributed by atoms with Crippen LogP contribution in [-0.2, 0) is 4.74 Å². The van der Waals surface area contributed by atoms with Gasteiger partial charge in [0.1, 0.15) is 6.10 Å². The molecule has 2 aliphatic rings. The molecule has 2 rings (SSSR count). The van der Waals surface area contributed by atoms with Crippen molar-refractivity contribution in [2.75, 3.05) is 0 Å². The summed E-state index contributed by atoms with van der Waals surface area (Å²) in [5.74, 6) is 0. The molecule has 0 aromatic rings. The lowest BCUT2D eigenvalue weighted by atomic mass is 9.87. The summed E-state index contributed by atoms with van der Waals surface area (Å²) in [5, 5.41) is 9.61. The molecular weight excluding hydrogens is 128 g/mol. The average molecular weight is 142 g/mol. The van der Waals surface area contributed by atoms with Gasteiger partial charge in [-0.15, -0.1) is 0 Å². The minimum atomic E-state index is -0.252. The van der Waals surface area contributed by atoms with E-state index in [2.05, 4.69) is 20.8 Å². The molecule has 3 atom stereocenters. The van der Waals surface area contributed by atoms with E-state index in [0.29, 0.717) is 0 Å². The number of aliphatic hydroxyl groups excluding tert-OH is 1. The predicted molar refractivity (Wildman–Crippen MR) is 37.7 cm³/mol. The van der Waals surface area contributed by atoms with Crippen LogP contribution in [0.15, 0.2) is 0 Å². The van der Waals surface area contributed by atoms with Crippen LogP contribution in [0.2, 0.25) is 0 Å². The molecular formula is C8H14O2. The topological polar surface area (TPSA) is 32.8 Å². The summed E-state index contributed by atoms with van der Waals surface area (Å²) in [4.78, 5) is 0. The summed E-state index contributed by atoms with van der Waals surface area (Å²) in [7, 11) is 0. The molecule has 0 spiro atoms. The summed E-state index contributed by atoms with van der Waals surface area (Å²) < 4.78 is 5.34. The fraction of sp³-hybridized carbons (Fsp3) is 1.00. The van der Waals surface area contributed by atoms with Gasteiger partial charge < -0.3 is 9.84 Å². The van der Waals surface area contributed by atoms with Crippen molar-refractivity contribution < 1.29 is 9.84 Å². The molecule has 1 heterocycles. The Morgan fingerprint density at radius 3 is 2.20 bits per heavy atom. The van der Waals surface area contributed by atoms with Gasteiger partial charge in [0.2, 0.25) is 0 Å². The molecule has 1 N–H and O–H groups in total. The van der Waals surface area contributed by atoms with Gasteiger partial charge >= 0.3 is 0 Å². The molecule has 0 aromatic heterocycles. The lowest BCUT2D eigenvalue weighted by molar-refractivity contribution is 0.0139. The van der Waals surface area contributed by atoms with Gasteiger partial charge in [-0.1, -0.05) is 13.8 Å². The maximum absolute atomic E-state index is 9.61. The van der Waals surface area contributed by atoms with E-state index >= 15 is 0 Å². The second-order valence-electron chi connectivity index (χ2n) is 4.46. The van der Waals surface area contributed by atoms with Crippen LogP contribution in [0, 0.1) is 5.41 Å². The minimum absolute atomic E-state index is 0.0168. The van der Waals surface area contributed by atoms with Crippen LogP contribution in [0.4, 0.5) is 0 Å². The molecule has 1 saturated heterocycles. The maximum Gasteiger partial charge on any atom is 0.113 e. The molecule has 1 aliphatic heterocycles. The van der Waals surface area contributed by atoms with E-state index < -0.39 is 0 Å². The van der Waals surface area contributed by atoms with Gasteiger partial charge in [-0.25, -0.2) is 0 Å². The quantitative estimate of drug-likeness (QED) is 0.510. The van der Waals surface area contributed by atoms with E-state index in [9.17, 15) is 5.11 Å². The van der Waals surface area contributed by atoms with Crippen LogP contribution < -0.4 is 0 Å². The molecule has 3 unspecified atom stereocenters. The Bertz CT molecular complexity index is 176. The van der Waals surface area contributed by atoms with Crippen LogP contribution >= 0.6 is 0 Å². The van der Waals surface area contributed by atoms with Gasteiger partial charge in [0.05, 0.1) is 11.7 Å². The van der Waals surface area contributed by atoms with E-state index in [1.54, 1.807) is 0 Å². The number of hydrogen-bond acceptors (Lipinski definition) is 2. The first-order chi connectivity index (χ1) is 4.46. The van der Waals surface area contributed by atoms with Gasteiger partial charge in [0.15, 0.2) is 0 Å². The lowest BCUT2D eigenvalue weighted by Crippen LogP contribution is -2.28. The Hall–Kier alpha value is -0.0800. The van der Waals surface area contributed by atoms with Crippen molar-refractivity contribution in [3.63, 3.8) is 0 Å². The van der Waals surface area contributed by atoms with Crippen molar-refractivity contribution in [3.8, 4) is 0 Å². The third-order valence-corrected chi connectivity index (χ3v) is 2.83. The molecule has 2 fully saturated rings. The SMILES string of the molecule is CC1(C)CC2(C)OC2C1O. The maximum atomic E-state index is 9.61. The number of epoxide rings is 1. The summed E-state index contributed by atoms with van der Waals surface area (Å²) in [6.45, 7) is 6.27. The van der Waals surface area contributed by atoms with E-state index in [1.807, 2.05) is 0 Å². The first-order valence-corrected chi connectivity index (χ1v) is 3.82. The Morgan fingerprint density at radius 2 is 2.00 bits per heavy atom. The summed E-state index contributed by atoms with van der Waals surface area (Å²) in [5.41, 5.74) is 0.0839. The van der Waals surface area contributed by atoms with Gasteiger partial charge in [0, 0.05) is 0 Å². The molecule has 1 aliphatic carbocycles. The highest BCUT2D eigenvalue weighted by Crippen LogP contribution is 2.57. The van der Waals surface area contributed by atoms with Crippen LogP contribution in [0.25, 0.3) is 0 Å². The van der Waals surface area contributed by atoms with Crippen LogP contribution in [-0.4, -0.2) is 22.9 Å². The standard InChI is InChI=1S/C8H14O2/c1-7(2)4-8(3)6(10-8)5(7)9/h5-6,9H,4H2,1-3H3. The van der Waals surface area contributed by atoms with Crippen LogP contribution in [0.5, 0.6) is 0 Å². The van der Waals surface area contributed by atoms with Gasteiger partial charge in [-0.05, 0) is 18.8 Å². The van der Waals surface area contributed by atoms with E-state index in [4.69, 9.17) is 4.74 Å². The second-order valence-corrected chi connectivity index (χ2v) is 4.46. The molecule has 0 amide bonds. The molecule has 2 heteroatoms. The Labute approximate surface area is 61.2 Å². The minimum Gasteiger partial charge on any atom is -0.390 e. The summed E-state index contributed by atoms with van der Waals surface area (Å²) in [6.07, 6.45) is 0.867. The van der Waals surface area contributed by atoms with Crippen molar-refractivity contribution in [1.82, 2.24) is 0 Å². The highest BCUT2D eigenvalue weighted by molar-refractivity contribution is 5.15. The Balaban J connectivity index is 2.22. The van der Waals surface area contributed by atoms with Gasteiger partial charge in [-0.3, -0.25) is 0 Å². The smallest absolute Gasteiger partial charge is 0.113 e. The highest BCUT2D eigenvalue weighted by atomic mass is 16.6. The predicted octanol–water partition coefficient (Wildman–Crippen LogP) is 0.935. The van der Waals surface area contributed by atoms with Gasteiger partial charge in [-0.2, -0.15) is 0 Å². The molecule has 0 aromatic carbocycles. The van der Waals surface area contributed by atoms with Crippen LogP contribution in [0.1, 0.15) is 27.2 Å². The second kappa shape index (κ2) is 1.41. The van der Waals surface area contributed by atoms with Crippen molar-refractivity contribution in [1.29, 1.82) is 0 Å². The molecule has 58 valence electrons. The highest BCUT2D eigenvalue weighted by Gasteiger charge is 2.67. The first kappa shape index (κ1) is 6.62. The van der Waals surface area contributed by atoms with Crippen LogP contribution in [0.3, 0.4) is 0 Å². The van der Waals surface area contributed by atoms with Crippen molar-refractivity contribution >= 4 is 0 Å². The Morgan fingerprint density at radius 1 is 1.40 bits per heavy atom. The lowest BCUT2D eigenvalue weighted by Gasteiger charge is -2.24. The molecule has 0 bridgehead atoms. The van der Waals surface area contributed by atoms with E-state index in [1.165, 1.54) is 0 Å². The number of fused-ring (bicyclic) bond motifs is 1. The van der Waals surface area contributed by atoms with E-state index in [-0.39, 0.29) is 23.2 Å². The zero-order valence-corrected chi connectivity index (χ0v) is 6.72. The monoisotopic (exact) mass is 142 g/mol. The van der Waals surface area contributed by atoms with E-state index in [0.717, 1.165) is 6.42 Å². The number of rotatable bonds is 0. The third kappa shape index (κ3) is 0.611. The van der Waals surface area contributed by atoms with Crippen molar-refractivity contribution in [2.45, 2.75) is 45.0 Å². The molecule has 2 nitrogen and oxygen atoms in total. The molecule has 10 heavy (non-hydrogen) atoms. The number of ether oxygens (including phenoxy) is 1. The number of hydrogen-bond donors (Lipinski definition) is 1. The summed E-state index contributed by atoms with van der Waals surface area (Å²) in [6, 6.07) is 0. The normalized spacial score (nSPS) is 56.4. The average Bonchev–Trinajstić information content (AvgIpc) is 2.33. The Kier molecular flexibility index (Phi) is 0.933. The largest absolute Gasteiger partial charge is 0.390 e. The van der Waals surface area contributed by atoms with Crippen molar-refractivity contribution in [3.05, 3.63) is 0 Å². The zero-order chi connectivity index (χ0) is 7.57. The van der Waals surface area contributed by atoms with Gasteiger partial charge in [0.25, 0.3) is 0 Å². The zero-order valence-electron chi connectivity index (χ0n) is 6.72.